The number of nitrogens with zero attached hydrogens (tertiary/aromatic N) is 2. The lowest BCUT2D eigenvalue weighted by Gasteiger charge is -2.25. The smallest absolute Gasteiger partial charge is 0.128 e. The van der Waals surface area contributed by atoms with Crippen molar-refractivity contribution in [2.75, 3.05) is 18.1 Å². The van der Waals surface area contributed by atoms with Crippen molar-refractivity contribution in [1.82, 2.24) is 4.98 Å². The van der Waals surface area contributed by atoms with Crippen LogP contribution in [0.5, 0.6) is 0 Å². The summed E-state index contributed by atoms with van der Waals surface area (Å²) in [6.07, 6.45) is 5.83. The minimum atomic E-state index is 0.0484. The van der Waals surface area contributed by atoms with Crippen LogP contribution in [0.25, 0.3) is 0 Å². The van der Waals surface area contributed by atoms with Gasteiger partial charge in [-0.3, -0.25) is 5.41 Å². The summed E-state index contributed by atoms with van der Waals surface area (Å²) in [6, 6.07) is 4.24. The second-order valence-electron chi connectivity index (χ2n) is 4.67. The van der Waals surface area contributed by atoms with E-state index in [-0.39, 0.29) is 12.4 Å². The van der Waals surface area contributed by atoms with Crippen molar-refractivity contribution < 1.29 is 5.11 Å². The molecule has 5 heteroatoms. The minimum absolute atomic E-state index is 0.0484. The van der Waals surface area contributed by atoms with Crippen LogP contribution in [0.4, 0.5) is 5.82 Å². The van der Waals surface area contributed by atoms with Crippen molar-refractivity contribution in [2.24, 2.45) is 5.73 Å². The third-order valence-electron chi connectivity index (χ3n) is 3.43. The number of nitrogens with two attached hydrogens (primary N) is 1. The zero-order valence-electron chi connectivity index (χ0n) is 10.5. The summed E-state index contributed by atoms with van der Waals surface area (Å²) < 4.78 is 0. The Bertz CT molecular complexity index is 404. The molecule has 1 atom stereocenters. The molecule has 4 N–H and O–H groups in total. The summed E-state index contributed by atoms with van der Waals surface area (Å²) in [5.41, 5.74) is 6.07. The Morgan fingerprint density at radius 3 is 3.00 bits per heavy atom. The fraction of sp³-hybridized carbons (Fsp3) is 0.538. The normalized spacial score (nSPS) is 19.2. The van der Waals surface area contributed by atoms with E-state index < -0.39 is 0 Å². The molecule has 1 unspecified atom stereocenters. The molecule has 0 aliphatic carbocycles. The topological polar surface area (TPSA) is 86.2 Å². The Labute approximate surface area is 107 Å². The van der Waals surface area contributed by atoms with Crippen LogP contribution in [-0.2, 0) is 0 Å². The van der Waals surface area contributed by atoms with Gasteiger partial charge in [0.05, 0.1) is 0 Å². The first-order chi connectivity index (χ1) is 8.72. The molecule has 2 heterocycles. The molecule has 0 radical (unpaired) electrons. The van der Waals surface area contributed by atoms with E-state index in [9.17, 15) is 0 Å². The van der Waals surface area contributed by atoms with Gasteiger partial charge in [0.2, 0.25) is 0 Å². The van der Waals surface area contributed by atoms with Crippen LogP contribution in [0.2, 0.25) is 0 Å². The van der Waals surface area contributed by atoms with Crippen LogP contribution in [-0.4, -0.2) is 35.1 Å². The van der Waals surface area contributed by atoms with E-state index in [1.54, 1.807) is 6.20 Å². The van der Waals surface area contributed by atoms with Crippen molar-refractivity contribution in [1.29, 1.82) is 5.41 Å². The van der Waals surface area contributed by atoms with Gasteiger partial charge in [-0.25, -0.2) is 4.98 Å². The molecule has 1 fully saturated rings. The van der Waals surface area contributed by atoms with Crippen LogP contribution < -0.4 is 10.6 Å². The lowest BCUT2D eigenvalue weighted by Crippen LogP contribution is -2.30. The number of amidine groups is 1. The molecule has 0 aromatic carbocycles. The second kappa shape index (κ2) is 5.82. The number of pyridine rings is 1. The maximum Gasteiger partial charge on any atom is 0.128 e. The minimum Gasteiger partial charge on any atom is -0.396 e. The van der Waals surface area contributed by atoms with Gasteiger partial charge in [-0.1, -0.05) is 0 Å². The van der Waals surface area contributed by atoms with Crippen molar-refractivity contribution in [3.8, 4) is 0 Å². The van der Waals surface area contributed by atoms with E-state index in [0.717, 1.165) is 31.6 Å². The highest BCUT2D eigenvalue weighted by atomic mass is 16.2. The van der Waals surface area contributed by atoms with Gasteiger partial charge in [0, 0.05) is 31.0 Å². The van der Waals surface area contributed by atoms with Gasteiger partial charge in [-0.15, -0.1) is 0 Å². The number of aromatic nitrogens is 1. The summed E-state index contributed by atoms with van der Waals surface area (Å²) in [4.78, 5) is 6.67. The Morgan fingerprint density at radius 2 is 2.39 bits per heavy atom. The molecule has 18 heavy (non-hydrogen) atoms. The standard InChI is InChI=1S/C13H20N4O/c14-13(15)10-5-6-12(16-9-10)17-7-1-3-11(17)4-2-8-18/h5-6,9,11,18H,1-4,7-8H2,(H3,14,15). The number of nitrogen functional groups attached to an aromatic ring is 1. The number of anilines is 1. The molecule has 1 aliphatic heterocycles. The monoisotopic (exact) mass is 248 g/mol. The summed E-state index contributed by atoms with van der Waals surface area (Å²) >= 11 is 0. The SMILES string of the molecule is N=C(N)c1ccc(N2CCCC2CCCO)nc1. The number of hydrogen-bond donors (Lipinski definition) is 3. The first-order valence-corrected chi connectivity index (χ1v) is 6.40. The molecule has 98 valence electrons. The molecule has 2 rings (SSSR count). The van der Waals surface area contributed by atoms with Gasteiger partial charge in [-0.2, -0.15) is 0 Å². The van der Waals surface area contributed by atoms with Crippen molar-refractivity contribution in [3.05, 3.63) is 23.9 Å². The number of nitrogens with one attached hydrogen (secondary N) is 1. The van der Waals surface area contributed by atoms with E-state index in [1.807, 2.05) is 12.1 Å². The third kappa shape index (κ3) is 2.79. The van der Waals surface area contributed by atoms with E-state index in [2.05, 4.69) is 9.88 Å². The van der Waals surface area contributed by atoms with E-state index in [4.69, 9.17) is 16.2 Å². The molecule has 5 nitrogen and oxygen atoms in total. The molecule has 1 aromatic heterocycles. The highest BCUT2D eigenvalue weighted by Gasteiger charge is 2.24. The van der Waals surface area contributed by atoms with E-state index >= 15 is 0 Å². The Balaban J connectivity index is 2.07. The number of rotatable bonds is 5. The molecule has 1 aromatic rings. The van der Waals surface area contributed by atoms with Crippen molar-refractivity contribution in [2.45, 2.75) is 31.7 Å². The van der Waals surface area contributed by atoms with Gasteiger partial charge in [0.25, 0.3) is 0 Å². The summed E-state index contributed by atoms with van der Waals surface area (Å²) in [5, 5.41) is 16.3. The lowest BCUT2D eigenvalue weighted by atomic mass is 10.1. The molecule has 1 saturated heterocycles. The molecule has 0 spiro atoms. The predicted molar refractivity (Wildman–Crippen MR) is 71.9 cm³/mol. The Hall–Kier alpha value is -1.62. The number of aliphatic hydroxyl groups excluding tert-OH is 1. The van der Waals surface area contributed by atoms with Gasteiger partial charge in [0.15, 0.2) is 0 Å². The third-order valence-corrected chi connectivity index (χ3v) is 3.43. The highest BCUT2D eigenvalue weighted by molar-refractivity contribution is 5.94. The van der Waals surface area contributed by atoms with Crippen LogP contribution >= 0.6 is 0 Å². The van der Waals surface area contributed by atoms with Gasteiger partial charge in [0.1, 0.15) is 11.7 Å². The Morgan fingerprint density at radius 1 is 1.56 bits per heavy atom. The maximum absolute atomic E-state index is 8.91. The van der Waals surface area contributed by atoms with Crippen LogP contribution in [0.3, 0.4) is 0 Å². The average molecular weight is 248 g/mol. The molecule has 1 aliphatic rings. The lowest BCUT2D eigenvalue weighted by molar-refractivity contribution is 0.279. The van der Waals surface area contributed by atoms with E-state index in [0.29, 0.717) is 11.6 Å². The molecule has 0 amide bonds. The van der Waals surface area contributed by atoms with Gasteiger partial charge >= 0.3 is 0 Å². The average Bonchev–Trinajstić information content (AvgIpc) is 2.84. The summed E-state index contributed by atoms with van der Waals surface area (Å²) in [6.45, 7) is 1.27. The van der Waals surface area contributed by atoms with Crippen molar-refractivity contribution >= 4 is 11.7 Å². The molecular formula is C13H20N4O. The van der Waals surface area contributed by atoms with Gasteiger partial charge < -0.3 is 15.7 Å². The second-order valence-corrected chi connectivity index (χ2v) is 4.67. The van der Waals surface area contributed by atoms with Gasteiger partial charge in [-0.05, 0) is 37.8 Å². The zero-order chi connectivity index (χ0) is 13.0. The highest BCUT2D eigenvalue weighted by Crippen LogP contribution is 2.26. The summed E-state index contributed by atoms with van der Waals surface area (Å²) in [7, 11) is 0. The fourth-order valence-corrected chi connectivity index (χ4v) is 2.48. The quantitative estimate of drug-likeness (QED) is 0.538. The number of aliphatic hydroxyl groups is 1. The fourth-order valence-electron chi connectivity index (χ4n) is 2.48. The van der Waals surface area contributed by atoms with Crippen molar-refractivity contribution in [3.63, 3.8) is 0 Å². The first kappa shape index (κ1) is 12.8. The maximum atomic E-state index is 8.91. The molecule has 0 bridgehead atoms. The van der Waals surface area contributed by atoms with Crippen LogP contribution in [0, 0.1) is 5.41 Å². The molecule has 0 saturated carbocycles. The predicted octanol–water partition coefficient (Wildman–Crippen LogP) is 1.11. The summed E-state index contributed by atoms with van der Waals surface area (Å²) in [5.74, 6) is 0.993. The zero-order valence-corrected chi connectivity index (χ0v) is 10.5. The van der Waals surface area contributed by atoms with Crippen LogP contribution in [0.1, 0.15) is 31.2 Å². The van der Waals surface area contributed by atoms with E-state index in [1.165, 1.54) is 6.42 Å². The molecular weight excluding hydrogens is 228 g/mol. The first-order valence-electron chi connectivity index (χ1n) is 6.40. The van der Waals surface area contributed by atoms with Crippen LogP contribution in [0.15, 0.2) is 18.3 Å². The Kier molecular flexibility index (Phi) is 4.15. The largest absolute Gasteiger partial charge is 0.396 e. The number of hydrogen-bond acceptors (Lipinski definition) is 4.